The molecule has 2 aromatic rings. The number of thiophene rings is 1. The molecule has 2 amide bonds. The fourth-order valence-electron chi connectivity index (χ4n) is 2.40. The molecule has 1 aromatic carbocycles. The zero-order chi connectivity index (χ0) is 21.0. The minimum absolute atomic E-state index is 0.126. The highest BCUT2D eigenvalue weighted by atomic mass is 32.1. The van der Waals surface area contributed by atoms with Gasteiger partial charge in [0.1, 0.15) is 5.00 Å². The van der Waals surface area contributed by atoms with Crippen molar-refractivity contribution in [3.63, 3.8) is 0 Å². The maximum atomic E-state index is 12.4. The van der Waals surface area contributed by atoms with E-state index in [1.54, 1.807) is 20.8 Å². The van der Waals surface area contributed by atoms with Crippen LogP contribution in [0, 0.1) is 30.9 Å². The number of ether oxygens (including phenoxy) is 1. The number of hydrogen-bond donors (Lipinski definition) is 2. The zero-order valence-corrected chi connectivity index (χ0v) is 16.6. The van der Waals surface area contributed by atoms with Crippen LogP contribution in [0.5, 0.6) is 0 Å². The van der Waals surface area contributed by atoms with Crippen LogP contribution in [0.4, 0.5) is 16.4 Å². The van der Waals surface area contributed by atoms with E-state index in [4.69, 9.17) is 4.74 Å². The average molecular weight is 405 g/mol. The van der Waals surface area contributed by atoms with Crippen molar-refractivity contribution in [3.8, 4) is 0 Å². The summed E-state index contributed by atoms with van der Waals surface area (Å²) < 4.78 is 5.05. The van der Waals surface area contributed by atoms with Gasteiger partial charge in [0.05, 0.1) is 10.5 Å². The molecule has 0 fully saturated rings. The summed E-state index contributed by atoms with van der Waals surface area (Å²) in [4.78, 5) is 47.0. The van der Waals surface area contributed by atoms with Crippen LogP contribution in [0.3, 0.4) is 0 Å². The molecule has 0 saturated heterocycles. The van der Waals surface area contributed by atoms with Gasteiger partial charge in [-0.05, 0) is 32.4 Å². The van der Waals surface area contributed by atoms with E-state index in [0.29, 0.717) is 16.1 Å². The van der Waals surface area contributed by atoms with E-state index >= 15 is 0 Å². The highest BCUT2D eigenvalue weighted by molar-refractivity contribution is 7.16. The minimum atomic E-state index is -0.740. The van der Waals surface area contributed by atoms with E-state index in [9.17, 15) is 24.5 Å². The van der Waals surface area contributed by atoms with E-state index in [-0.39, 0.29) is 22.8 Å². The highest BCUT2D eigenvalue weighted by Gasteiger charge is 2.22. The van der Waals surface area contributed by atoms with Crippen molar-refractivity contribution in [1.82, 2.24) is 0 Å². The van der Waals surface area contributed by atoms with E-state index in [0.717, 1.165) is 4.88 Å². The third-order valence-electron chi connectivity index (χ3n) is 3.90. The Morgan fingerprint density at radius 3 is 2.46 bits per heavy atom. The average Bonchev–Trinajstić information content (AvgIpc) is 2.87. The van der Waals surface area contributed by atoms with Crippen LogP contribution in [0.1, 0.15) is 33.3 Å². The second-order valence-electron chi connectivity index (χ2n) is 6.05. The lowest BCUT2D eigenvalue weighted by molar-refractivity contribution is -0.385. The molecule has 0 spiro atoms. The molecule has 0 radical (unpaired) electrons. The Morgan fingerprint density at radius 2 is 1.86 bits per heavy atom. The molecule has 28 heavy (non-hydrogen) atoms. The maximum Gasteiger partial charge on any atom is 0.341 e. The lowest BCUT2D eigenvalue weighted by Gasteiger charge is -2.09. The van der Waals surface area contributed by atoms with Gasteiger partial charge in [0.25, 0.3) is 11.6 Å². The summed E-state index contributed by atoms with van der Waals surface area (Å²) in [7, 11) is 0. The molecular formula is C18H19N3O6S. The number of hydrogen-bond acceptors (Lipinski definition) is 7. The van der Waals surface area contributed by atoms with Gasteiger partial charge in [0.15, 0.2) is 6.61 Å². The highest BCUT2D eigenvalue weighted by Crippen LogP contribution is 2.33. The van der Waals surface area contributed by atoms with E-state index in [1.165, 1.54) is 36.5 Å². The monoisotopic (exact) mass is 405 g/mol. The Kier molecular flexibility index (Phi) is 6.47. The predicted octanol–water partition coefficient (Wildman–Crippen LogP) is 3.34. The Hall–Kier alpha value is -3.27. The standard InChI is InChI=1S/C18H19N3O6S/c1-9-5-6-13(7-14(9)21(25)26)20-15(23)8-27-18(24)16-10(2)11(3)28-17(16)19-12(4)22/h5-7H,8H2,1-4H3,(H,19,22)(H,20,23). The third-order valence-corrected chi connectivity index (χ3v) is 5.03. The SMILES string of the molecule is CC(=O)Nc1sc(C)c(C)c1C(=O)OCC(=O)Nc1ccc(C)c([N+](=O)[O-])c1. The topological polar surface area (TPSA) is 128 Å². The summed E-state index contributed by atoms with van der Waals surface area (Å²) in [6, 6.07) is 4.26. The first-order chi connectivity index (χ1) is 13.1. The van der Waals surface area contributed by atoms with E-state index < -0.39 is 23.4 Å². The first-order valence-corrected chi connectivity index (χ1v) is 9.01. The van der Waals surface area contributed by atoms with Crippen molar-refractivity contribution in [2.24, 2.45) is 0 Å². The van der Waals surface area contributed by atoms with Gasteiger partial charge in [0.2, 0.25) is 5.91 Å². The maximum absolute atomic E-state index is 12.4. The smallest absolute Gasteiger partial charge is 0.341 e. The summed E-state index contributed by atoms with van der Waals surface area (Å²) >= 11 is 1.24. The molecular weight excluding hydrogens is 386 g/mol. The van der Waals surface area contributed by atoms with Crippen molar-refractivity contribution in [2.75, 3.05) is 17.2 Å². The van der Waals surface area contributed by atoms with Gasteiger partial charge >= 0.3 is 5.97 Å². The fourth-order valence-corrected chi connectivity index (χ4v) is 3.50. The largest absolute Gasteiger partial charge is 0.452 e. The molecule has 0 bridgehead atoms. The number of carbonyl (C=O) groups is 3. The number of amides is 2. The summed E-state index contributed by atoms with van der Waals surface area (Å²) in [6.07, 6.45) is 0. The second-order valence-corrected chi connectivity index (χ2v) is 7.28. The second kappa shape index (κ2) is 8.61. The van der Waals surface area contributed by atoms with Gasteiger partial charge in [-0.25, -0.2) is 4.79 Å². The molecule has 0 aliphatic carbocycles. The first-order valence-electron chi connectivity index (χ1n) is 8.19. The molecule has 2 N–H and O–H groups in total. The number of esters is 1. The number of carbonyl (C=O) groups excluding carboxylic acids is 3. The summed E-state index contributed by atoms with van der Waals surface area (Å²) in [5, 5.41) is 16.4. The van der Waals surface area contributed by atoms with Crippen LogP contribution in [0.15, 0.2) is 18.2 Å². The molecule has 0 aliphatic heterocycles. The van der Waals surface area contributed by atoms with Gasteiger partial charge in [-0.2, -0.15) is 0 Å². The van der Waals surface area contributed by atoms with Gasteiger partial charge in [-0.3, -0.25) is 19.7 Å². The summed E-state index contributed by atoms with van der Waals surface area (Å²) in [5.74, 6) is -1.71. The van der Waals surface area contributed by atoms with Crippen molar-refractivity contribution < 1.29 is 24.0 Å². The molecule has 0 aliphatic rings. The zero-order valence-electron chi connectivity index (χ0n) is 15.7. The van der Waals surface area contributed by atoms with Gasteiger partial charge in [0, 0.05) is 29.1 Å². The number of nitrogens with one attached hydrogen (secondary N) is 2. The Morgan fingerprint density at radius 1 is 1.18 bits per heavy atom. The molecule has 0 unspecified atom stereocenters. The van der Waals surface area contributed by atoms with E-state index in [2.05, 4.69) is 10.6 Å². The van der Waals surface area contributed by atoms with Crippen molar-refractivity contribution in [3.05, 3.63) is 49.9 Å². The number of benzene rings is 1. The number of nitrogens with zero attached hydrogens (tertiary/aromatic N) is 1. The van der Waals surface area contributed by atoms with Crippen LogP contribution in [-0.4, -0.2) is 29.3 Å². The normalized spacial score (nSPS) is 10.3. The third kappa shape index (κ3) is 4.92. The van der Waals surface area contributed by atoms with Crippen LogP contribution < -0.4 is 10.6 Å². The molecule has 9 nitrogen and oxygen atoms in total. The lowest BCUT2D eigenvalue weighted by atomic mass is 10.1. The summed E-state index contributed by atoms with van der Waals surface area (Å²) in [6.45, 7) is 5.86. The fraction of sp³-hybridized carbons (Fsp3) is 0.278. The first kappa shape index (κ1) is 21.0. The van der Waals surface area contributed by atoms with E-state index in [1.807, 2.05) is 0 Å². The van der Waals surface area contributed by atoms with Crippen LogP contribution in [0.25, 0.3) is 0 Å². The lowest BCUT2D eigenvalue weighted by Crippen LogP contribution is -2.21. The quantitative estimate of drug-likeness (QED) is 0.431. The molecule has 1 heterocycles. The number of anilines is 2. The Balaban J connectivity index is 2.06. The van der Waals surface area contributed by atoms with Gasteiger partial charge in [-0.1, -0.05) is 6.07 Å². The molecule has 2 rings (SSSR count). The predicted molar refractivity (Wildman–Crippen MR) is 105 cm³/mol. The Bertz CT molecular complexity index is 966. The van der Waals surface area contributed by atoms with Gasteiger partial charge in [-0.15, -0.1) is 11.3 Å². The number of nitro benzene ring substituents is 1. The van der Waals surface area contributed by atoms with Crippen LogP contribution in [0.2, 0.25) is 0 Å². The molecule has 148 valence electrons. The van der Waals surface area contributed by atoms with Crippen LogP contribution in [-0.2, 0) is 14.3 Å². The molecule has 0 atom stereocenters. The van der Waals surface area contributed by atoms with Crippen molar-refractivity contribution in [1.29, 1.82) is 0 Å². The molecule has 10 heteroatoms. The van der Waals surface area contributed by atoms with Crippen molar-refractivity contribution >= 4 is 45.5 Å². The Labute approximate surface area is 164 Å². The molecule has 0 saturated carbocycles. The minimum Gasteiger partial charge on any atom is -0.452 e. The summed E-state index contributed by atoms with van der Waals surface area (Å²) in [5.41, 5.74) is 1.42. The number of rotatable bonds is 6. The number of aryl methyl sites for hydroxylation is 2. The number of nitro groups is 1. The van der Waals surface area contributed by atoms with Crippen LogP contribution >= 0.6 is 11.3 Å². The van der Waals surface area contributed by atoms with Crippen molar-refractivity contribution in [2.45, 2.75) is 27.7 Å². The van der Waals surface area contributed by atoms with Gasteiger partial charge < -0.3 is 15.4 Å². The molecule has 1 aromatic heterocycles.